The molecule has 5 rings (SSSR count). The van der Waals surface area contributed by atoms with Gasteiger partial charge in [-0.1, -0.05) is 78.1 Å². The van der Waals surface area contributed by atoms with E-state index in [9.17, 15) is 0 Å². The molecule has 0 saturated carbocycles. The standard InChI is InChI=1S/C26H27N3S/c1-19-13-14-23-24(20(19)2)27-26(30-23)29-17-15-28(16-18-29)25(21-9-5-3-6-10-21)22-11-7-4-8-12-22/h3-14,25H,15-18H2,1-2H3. The summed E-state index contributed by atoms with van der Waals surface area (Å²) in [6.07, 6.45) is 0. The lowest BCUT2D eigenvalue weighted by Gasteiger charge is -2.39. The normalized spacial score (nSPS) is 15.2. The Morgan fingerprint density at radius 1 is 0.767 bits per heavy atom. The molecule has 0 amide bonds. The number of aromatic nitrogens is 1. The van der Waals surface area contributed by atoms with Gasteiger partial charge in [0.25, 0.3) is 0 Å². The second kappa shape index (κ2) is 8.21. The average Bonchev–Trinajstić information content (AvgIpc) is 3.24. The fourth-order valence-electron chi connectivity index (χ4n) is 4.41. The molecule has 1 saturated heterocycles. The fraction of sp³-hybridized carbons (Fsp3) is 0.269. The van der Waals surface area contributed by atoms with Gasteiger partial charge in [-0.05, 0) is 42.2 Å². The molecule has 0 unspecified atom stereocenters. The second-order valence-corrected chi connectivity index (χ2v) is 9.11. The minimum Gasteiger partial charge on any atom is -0.345 e. The maximum Gasteiger partial charge on any atom is 0.186 e. The van der Waals surface area contributed by atoms with E-state index in [0.717, 1.165) is 31.3 Å². The molecular formula is C26H27N3S. The lowest BCUT2D eigenvalue weighted by molar-refractivity contribution is 0.212. The van der Waals surface area contributed by atoms with Gasteiger partial charge < -0.3 is 4.90 Å². The van der Waals surface area contributed by atoms with Crippen molar-refractivity contribution in [3.63, 3.8) is 0 Å². The SMILES string of the molecule is Cc1ccc2sc(N3CCN(C(c4ccccc4)c4ccccc4)CC3)nc2c1C. The van der Waals surface area contributed by atoms with Crippen LogP contribution in [0.1, 0.15) is 28.3 Å². The van der Waals surface area contributed by atoms with Crippen molar-refractivity contribution in [2.45, 2.75) is 19.9 Å². The van der Waals surface area contributed by atoms with E-state index >= 15 is 0 Å². The topological polar surface area (TPSA) is 19.4 Å². The van der Waals surface area contributed by atoms with Gasteiger partial charge in [-0.25, -0.2) is 4.98 Å². The molecule has 0 aliphatic carbocycles. The number of benzene rings is 3. The quantitative estimate of drug-likeness (QED) is 0.420. The number of rotatable bonds is 4. The van der Waals surface area contributed by atoms with Gasteiger partial charge in [0.15, 0.2) is 5.13 Å². The molecule has 0 bridgehead atoms. The van der Waals surface area contributed by atoms with Crippen LogP contribution in [0.2, 0.25) is 0 Å². The largest absolute Gasteiger partial charge is 0.345 e. The summed E-state index contributed by atoms with van der Waals surface area (Å²) in [6.45, 7) is 8.43. The molecule has 4 aromatic rings. The van der Waals surface area contributed by atoms with E-state index in [0.29, 0.717) is 6.04 Å². The molecule has 3 aromatic carbocycles. The van der Waals surface area contributed by atoms with Crippen molar-refractivity contribution >= 4 is 26.7 Å². The van der Waals surface area contributed by atoms with Crippen molar-refractivity contribution in [3.8, 4) is 0 Å². The molecule has 1 aliphatic rings. The van der Waals surface area contributed by atoms with Gasteiger partial charge >= 0.3 is 0 Å². The zero-order valence-electron chi connectivity index (χ0n) is 17.6. The Kier molecular flexibility index (Phi) is 5.28. The Balaban J connectivity index is 1.38. The third kappa shape index (κ3) is 3.62. The predicted octanol–water partition coefficient (Wildman–Crippen LogP) is 5.82. The van der Waals surface area contributed by atoms with Gasteiger partial charge in [0.2, 0.25) is 0 Å². The van der Waals surface area contributed by atoms with Gasteiger partial charge in [0.1, 0.15) is 0 Å². The van der Waals surface area contributed by atoms with Crippen molar-refractivity contribution in [2.24, 2.45) is 0 Å². The van der Waals surface area contributed by atoms with E-state index in [1.54, 1.807) is 0 Å². The van der Waals surface area contributed by atoms with Crippen LogP contribution in [-0.4, -0.2) is 36.1 Å². The second-order valence-electron chi connectivity index (χ2n) is 8.10. The highest BCUT2D eigenvalue weighted by atomic mass is 32.1. The van der Waals surface area contributed by atoms with Gasteiger partial charge in [0.05, 0.1) is 16.3 Å². The Morgan fingerprint density at radius 2 is 1.37 bits per heavy atom. The average molecular weight is 414 g/mol. The Morgan fingerprint density at radius 3 is 1.97 bits per heavy atom. The van der Waals surface area contributed by atoms with Crippen LogP contribution in [0.25, 0.3) is 10.2 Å². The summed E-state index contributed by atoms with van der Waals surface area (Å²) in [5.41, 5.74) is 6.52. The van der Waals surface area contributed by atoms with Crippen LogP contribution < -0.4 is 4.90 Å². The monoisotopic (exact) mass is 413 g/mol. The zero-order chi connectivity index (χ0) is 20.5. The molecule has 3 nitrogen and oxygen atoms in total. The summed E-state index contributed by atoms with van der Waals surface area (Å²) in [6, 6.07) is 26.5. The van der Waals surface area contributed by atoms with Gasteiger partial charge in [0, 0.05) is 26.2 Å². The van der Waals surface area contributed by atoms with Crippen molar-refractivity contribution in [1.82, 2.24) is 9.88 Å². The Hall–Kier alpha value is -2.69. The van der Waals surface area contributed by atoms with Crippen LogP contribution in [0, 0.1) is 13.8 Å². The molecule has 152 valence electrons. The highest BCUT2D eigenvalue weighted by molar-refractivity contribution is 7.22. The molecule has 4 heteroatoms. The third-order valence-electron chi connectivity index (χ3n) is 6.25. The molecule has 30 heavy (non-hydrogen) atoms. The third-order valence-corrected chi connectivity index (χ3v) is 7.34. The number of aryl methyl sites for hydroxylation is 2. The van der Waals surface area contributed by atoms with Crippen LogP contribution in [0.5, 0.6) is 0 Å². The summed E-state index contributed by atoms with van der Waals surface area (Å²) in [4.78, 5) is 10.1. The van der Waals surface area contributed by atoms with E-state index in [4.69, 9.17) is 4.98 Å². The number of anilines is 1. The molecule has 0 radical (unpaired) electrons. The highest BCUT2D eigenvalue weighted by Gasteiger charge is 2.27. The summed E-state index contributed by atoms with van der Waals surface area (Å²) in [5, 5.41) is 1.16. The number of hydrogen-bond donors (Lipinski definition) is 0. The summed E-state index contributed by atoms with van der Waals surface area (Å²) in [5.74, 6) is 0. The molecule has 0 N–H and O–H groups in total. The first kappa shape index (κ1) is 19.3. The number of nitrogens with zero attached hydrogens (tertiary/aromatic N) is 3. The maximum atomic E-state index is 5.01. The smallest absolute Gasteiger partial charge is 0.186 e. The fourth-order valence-corrected chi connectivity index (χ4v) is 5.48. The van der Waals surface area contributed by atoms with Crippen LogP contribution in [0.4, 0.5) is 5.13 Å². The first-order valence-corrected chi connectivity index (χ1v) is 11.5. The van der Waals surface area contributed by atoms with E-state index in [1.807, 2.05) is 11.3 Å². The van der Waals surface area contributed by atoms with E-state index in [1.165, 1.54) is 32.5 Å². The maximum absolute atomic E-state index is 5.01. The molecule has 0 atom stereocenters. The first-order valence-electron chi connectivity index (χ1n) is 10.7. The zero-order valence-corrected chi connectivity index (χ0v) is 18.4. The molecular weight excluding hydrogens is 386 g/mol. The predicted molar refractivity (Wildman–Crippen MR) is 128 cm³/mol. The van der Waals surface area contributed by atoms with Crippen LogP contribution in [0.15, 0.2) is 72.8 Å². The number of thiazole rings is 1. The van der Waals surface area contributed by atoms with Crippen molar-refractivity contribution in [1.29, 1.82) is 0 Å². The van der Waals surface area contributed by atoms with Crippen molar-refractivity contribution < 1.29 is 0 Å². The van der Waals surface area contributed by atoms with Gasteiger partial charge in [-0.2, -0.15) is 0 Å². The summed E-state index contributed by atoms with van der Waals surface area (Å²) in [7, 11) is 0. The first-order chi connectivity index (χ1) is 14.7. The lowest BCUT2D eigenvalue weighted by Crippen LogP contribution is -2.47. The van der Waals surface area contributed by atoms with Crippen LogP contribution in [-0.2, 0) is 0 Å². The van der Waals surface area contributed by atoms with Crippen LogP contribution >= 0.6 is 11.3 Å². The number of fused-ring (bicyclic) bond motifs is 1. The lowest BCUT2D eigenvalue weighted by atomic mass is 9.96. The minimum absolute atomic E-state index is 0.301. The summed E-state index contributed by atoms with van der Waals surface area (Å²) >= 11 is 1.83. The van der Waals surface area contributed by atoms with E-state index in [2.05, 4.69) is 96.4 Å². The van der Waals surface area contributed by atoms with Crippen molar-refractivity contribution in [3.05, 3.63) is 95.1 Å². The van der Waals surface area contributed by atoms with Gasteiger partial charge in [-0.3, -0.25) is 4.90 Å². The van der Waals surface area contributed by atoms with Crippen molar-refractivity contribution in [2.75, 3.05) is 31.1 Å². The molecule has 2 heterocycles. The molecule has 1 fully saturated rings. The Bertz CT molecular complexity index is 1090. The van der Waals surface area contributed by atoms with E-state index < -0.39 is 0 Å². The summed E-state index contributed by atoms with van der Waals surface area (Å²) < 4.78 is 1.29. The number of hydrogen-bond acceptors (Lipinski definition) is 4. The number of piperazine rings is 1. The van der Waals surface area contributed by atoms with E-state index in [-0.39, 0.29) is 0 Å². The molecule has 1 aromatic heterocycles. The Labute approximate surface area is 182 Å². The highest BCUT2D eigenvalue weighted by Crippen LogP contribution is 2.34. The minimum atomic E-state index is 0.301. The molecule has 1 aliphatic heterocycles. The van der Waals surface area contributed by atoms with Gasteiger partial charge in [-0.15, -0.1) is 0 Å². The van der Waals surface area contributed by atoms with Crippen LogP contribution in [0.3, 0.4) is 0 Å². The molecule has 0 spiro atoms.